The van der Waals surface area contributed by atoms with Crippen molar-refractivity contribution in [1.29, 1.82) is 0 Å². The second-order valence-corrected chi connectivity index (χ2v) is 6.55. The summed E-state index contributed by atoms with van der Waals surface area (Å²) in [6, 6.07) is 3.91. The van der Waals surface area contributed by atoms with E-state index in [0.717, 1.165) is 6.07 Å². The fourth-order valence-corrected chi connectivity index (χ4v) is 4.07. The Morgan fingerprint density at radius 1 is 1.50 bits per heavy atom. The fraction of sp³-hybridized carbons (Fsp3) is 0.455. The highest BCUT2D eigenvalue weighted by Gasteiger charge is 2.32. The fourth-order valence-electron chi connectivity index (χ4n) is 1.97. The van der Waals surface area contributed by atoms with Crippen LogP contribution in [0.3, 0.4) is 0 Å². The summed E-state index contributed by atoms with van der Waals surface area (Å²) in [6.45, 7) is 3.06. The van der Waals surface area contributed by atoms with Gasteiger partial charge in [-0.05, 0) is 19.1 Å². The third-order valence-corrected chi connectivity index (χ3v) is 5.22. The number of rotatable bonds is 2. The molecule has 0 bridgehead atoms. The maximum Gasteiger partial charge on any atom is 0.247 e. The molecule has 1 aromatic rings. The van der Waals surface area contributed by atoms with E-state index in [9.17, 15) is 12.8 Å². The monoisotopic (exact) mass is 292 g/mol. The van der Waals surface area contributed by atoms with Gasteiger partial charge in [0.25, 0.3) is 0 Å². The molecule has 1 aliphatic rings. The molecule has 7 heteroatoms. The lowest BCUT2D eigenvalue weighted by molar-refractivity contribution is 0.309. The predicted molar refractivity (Wildman–Crippen MR) is 67.6 cm³/mol. The average molecular weight is 293 g/mol. The van der Waals surface area contributed by atoms with Crippen molar-refractivity contribution < 1.29 is 12.8 Å². The van der Waals surface area contributed by atoms with Crippen molar-refractivity contribution in [3.05, 3.63) is 29.0 Å². The van der Waals surface area contributed by atoms with Gasteiger partial charge in [-0.3, -0.25) is 0 Å². The number of sulfonamides is 1. The van der Waals surface area contributed by atoms with E-state index in [1.807, 2.05) is 6.92 Å². The third kappa shape index (κ3) is 2.51. The van der Waals surface area contributed by atoms with Gasteiger partial charge in [0.2, 0.25) is 10.0 Å². The van der Waals surface area contributed by atoms with Crippen LogP contribution in [0.2, 0.25) is 5.02 Å². The van der Waals surface area contributed by atoms with Crippen molar-refractivity contribution >= 4 is 21.6 Å². The molecule has 1 unspecified atom stereocenters. The second kappa shape index (κ2) is 5.13. The predicted octanol–water partition coefficient (Wildman–Crippen LogP) is 1.46. The molecular formula is C11H14ClFN2O2S. The van der Waals surface area contributed by atoms with E-state index in [0.29, 0.717) is 19.6 Å². The van der Waals surface area contributed by atoms with Gasteiger partial charge in [-0.15, -0.1) is 0 Å². The van der Waals surface area contributed by atoms with Gasteiger partial charge >= 0.3 is 0 Å². The van der Waals surface area contributed by atoms with Gasteiger partial charge in [0, 0.05) is 25.7 Å². The summed E-state index contributed by atoms with van der Waals surface area (Å²) in [7, 11) is -3.87. The Hall–Kier alpha value is -0.690. The number of nitrogens with one attached hydrogen (secondary N) is 1. The van der Waals surface area contributed by atoms with Crippen LogP contribution in [0, 0.1) is 5.82 Å². The lowest BCUT2D eigenvalue weighted by Gasteiger charge is -2.31. The minimum atomic E-state index is -3.87. The summed E-state index contributed by atoms with van der Waals surface area (Å²) < 4.78 is 39.7. The van der Waals surface area contributed by atoms with Gasteiger partial charge in [0.15, 0.2) is 0 Å². The Kier molecular flexibility index (Phi) is 3.91. The maximum absolute atomic E-state index is 13.7. The summed E-state index contributed by atoms with van der Waals surface area (Å²) in [4.78, 5) is -0.430. The van der Waals surface area contributed by atoms with Crippen LogP contribution >= 0.6 is 11.6 Å². The molecule has 1 N–H and O–H groups in total. The van der Waals surface area contributed by atoms with Crippen LogP contribution in [0.5, 0.6) is 0 Å². The molecule has 1 aliphatic heterocycles. The Bertz CT molecular complexity index is 530. The highest BCUT2D eigenvalue weighted by atomic mass is 35.5. The minimum Gasteiger partial charge on any atom is -0.312 e. The quantitative estimate of drug-likeness (QED) is 0.898. The molecule has 0 spiro atoms. The van der Waals surface area contributed by atoms with Crippen LogP contribution in [-0.4, -0.2) is 38.4 Å². The van der Waals surface area contributed by atoms with E-state index in [1.165, 1.54) is 16.4 Å². The molecule has 0 aromatic heterocycles. The van der Waals surface area contributed by atoms with Crippen molar-refractivity contribution in [1.82, 2.24) is 9.62 Å². The van der Waals surface area contributed by atoms with Crippen LogP contribution in [0.25, 0.3) is 0 Å². The number of benzene rings is 1. The molecule has 0 saturated carbocycles. The first-order valence-corrected chi connectivity index (χ1v) is 7.42. The number of piperazine rings is 1. The van der Waals surface area contributed by atoms with Crippen LogP contribution in [0.4, 0.5) is 4.39 Å². The molecule has 1 aromatic carbocycles. The van der Waals surface area contributed by atoms with Gasteiger partial charge in [0.05, 0.1) is 5.02 Å². The van der Waals surface area contributed by atoms with E-state index in [-0.39, 0.29) is 11.1 Å². The number of halogens is 2. The third-order valence-electron chi connectivity index (χ3n) is 2.85. The van der Waals surface area contributed by atoms with E-state index in [2.05, 4.69) is 5.32 Å². The van der Waals surface area contributed by atoms with Crippen molar-refractivity contribution in [3.8, 4) is 0 Å². The highest BCUT2D eigenvalue weighted by molar-refractivity contribution is 7.89. The summed E-state index contributed by atoms with van der Waals surface area (Å²) in [6.07, 6.45) is 0. The molecule has 1 saturated heterocycles. The van der Waals surface area contributed by atoms with Gasteiger partial charge in [-0.25, -0.2) is 12.8 Å². The minimum absolute atomic E-state index is 0.0408. The normalized spacial score (nSPS) is 22.1. The summed E-state index contributed by atoms with van der Waals surface area (Å²) >= 11 is 5.81. The molecular weight excluding hydrogens is 279 g/mol. The topological polar surface area (TPSA) is 49.4 Å². The van der Waals surface area contributed by atoms with Crippen LogP contribution in [0.15, 0.2) is 23.1 Å². The SMILES string of the molecule is CC1CN(S(=O)(=O)c2c(F)cccc2Cl)CCN1. The maximum atomic E-state index is 13.7. The molecule has 1 atom stereocenters. The molecule has 0 amide bonds. The Morgan fingerprint density at radius 2 is 2.22 bits per heavy atom. The van der Waals surface area contributed by atoms with Crippen molar-refractivity contribution in [2.45, 2.75) is 17.9 Å². The van der Waals surface area contributed by atoms with Gasteiger partial charge in [-0.2, -0.15) is 4.31 Å². The smallest absolute Gasteiger partial charge is 0.247 e. The highest BCUT2D eigenvalue weighted by Crippen LogP contribution is 2.27. The first kappa shape index (κ1) is 13.7. The first-order chi connectivity index (χ1) is 8.43. The Labute approximate surface area is 111 Å². The largest absolute Gasteiger partial charge is 0.312 e. The summed E-state index contributed by atoms with van der Waals surface area (Å²) in [5.41, 5.74) is 0. The van der Waals surface area contributed by atoms with Crippen LogP contribution < -0.4 is 5.32 Å². The van der Waals surface area contributed by atoms with Crippen LogP contribution in [0.1, 0.15) is 6.92 Å². The lowest BCUT2D eigenvalue weighted by atomic mass is 10.3. The summed E-state index contributed by atoms with van der Waals surface area (Å²) in [5.74, 6) is -0.811. The molecule has 4 nitrogen and oxygen atoms in total. The van der Waals surface area contributed by atoms with Crippen molar-refractivity contribution in [2.75, 3.05) is 19.6 Å². The number of nitrogens with zero attached hydrogens (tertiary/aromatic N) is 1. The lowest BCUT2D eigenvalue weighted by Crippen LogP contribution is -2.51. The zero-order chi connectivity index (χ0) is 13.3. The van der Waals surface area contributed by atoms with Gasteiger partial charge < -0.3 is 5.32 Å². The Balaban J connectivity index is 2.42. The number of hydrogen-bond donors (Lipinski definition) is 1. The molecule has 0 radical (unpaired) electrons. The van der Waals surface area contributed by atoms with E-state index in [1.54, 1.807) is 0 Å². The van der Waals surface area contributed by atoms with E-state index >= 15 is 0 Å². The molecule has 1 heterocycles. The molecule has 0 aliphatic carbocycles. The number of hydrogen-bond acceptors (Lipinski definition) is 3. The molecule has 18 heavy (non-hydrogen) atoms. The zero-order valence-corrected chi connectivity index (χ0v) is 11.4. The van der Waals surface area contributed by atoms with E-state index < -0.39 is 20.7 Å². The van der Waals surface area contributed by atoms with Crippen molar-refractivity contribution in [2.24, 2.45) is 0 Å². The van der Waals surface area contributed by atoms with Gasteiger partial charge in [-0.1, -0.05) is 17.7 Å². The molecule has 100 valence electrons. The standard InChI is InChI=1S/C11H14ClFN2O2S/c1-8-7-15(6-5-14-8)18(16,17)11-9(12)3-2-4-10(11)13/h2-4,8,14H,5-7H2,1H3. The summed E-state index contributed by atoms with van der Waals surface area (Å²) in [5, 5.41) is 3.05. The van der Waals surface area contributed by atoms with Crippen molar-refractivity contribution in [3.63, 3.8) is 0 Å². The van der Waals surface area contributed by atoms with Crippen LogP contribution in [-0.2, 0) is 10.0 Å². The first-order valence-electron chi connectivity index (χ1n) is 5.60. The zero-order valence-electron chi connectivity index (χ0n) is 9.86. The second-order valence-electron chi connectivity index (χ2n) is 4.27. The van der Waals surface area contributed by atoms with E-state index in [4.69, 9.17) is 11.6 Å². The molecule has 2 rings (SSSR count). The average Bonchev–Trinajstić information content (AvgIpc) is 2.28. The molecule has 1 fully saturated rings. The van der Waals surface area contributed by atoms with Gasteiger partial charge in [0.1, 0.15) is 10.7 Å². The Morgan fingerprint density at radius 3 is 2.83 bits per heavy atom.